The Bertz CT molecular complexity index is 606. The molecule has 0 radical (unpaired) electrons. The van der Waals surface area contributed by atoms with Gasteiger partial charge in [-0.25, -0.2) is 4.68 Å². The Labute approximate surface area is 103 Å². The molecule has 0 saturated carbocycles. The number of hydrogen-bond acceptors (Lipinski definition) is 4. The van der Waals surface area contributed by atoms with E-state index in [0.29, 0.717) is 5.69 Å². The third-order valence-electron chi connectivity index (χ3n) is 3.12. The Balaban J connectivity index is 2.15. The normalized spacial score (nSPS) is 14.2. The summed E-state index contributed by atoms with van der Waals surface area (Å²) in [6.45, 7) is 1.65. The van der Waals surface area contributed by atoms with Crippen molar-refractivity contribution < 1.29 is 4.92 Å². The van der Waals surface area contributed by atoms with Crippen LogP contribution in [0.15, 0.2) is 30.5 Å². The van der Waals surface area contributed by atoms with Crippen molar-refractivity contribution in [3.8, 4) is 5.69 Å². The van der Waals surface area contributed by atoms with Crippen LogP contribution in [-0.4, -0.2) is 21.2 Å². The van der Waals surface area contributed by atoms with Crippen LogP contribution >= 0.6 is 0 Å². The van der Waals surface area contributed by atoms with E-state index in [1.165, 1.54) is 6.07 Å². The third-order valence-corrected chi connectivity index (χ3v) is 3.12. The molecule has 1 aromatic carbocycles. The zero-order valence-electron chi connectivity index (χ0n) is 9.67. The Morgan fingerprint density at radius 1 is 1.39 bits per heavy atom. The molecule has 18 heavy (non-hydrogen) atoms. The molecule has 0 saturated heterocycles. The van der Waals surface area contributed by atoms with Crippen LogP contribution in [0.2, 0.25) is 0 Å². The van der Waals surface area contributed by atoms with Gasteiger partial charge in [-0.05, 0) is 6.07 Å². The summed E-state index contributed by atoms with van der Waals surface area (Å²) >= 11 is 0. The Kier molecular flexibility index (Phi) is 2.56. The second-order valence-corrected chi connectivity index (χ2v) is 4.20. The molecule has 1 aromatic heterocycles. The van der Waals surface area contributed by atoms with Crippen LogP contribution in [0.3, 0.4) is 0 Å². The molecular weight excluding hydrogens is 232 g/mol. The van der Waals surface area contributed by atoms with Gasteiger partial charge < -0.3 is 5.32 Å². The number of rotatable bonds is 2. The highest BCUT2D eigenvalue weighted by atomic mass is 16.6. The van der Waals surface area contributed by atoms with E-state index in [2.05, 4.69) is 10.4 Å². The lowest BCUT2D eigenvalue weighted by atomic mass is 10.1. The summed E-state index contributed by atoms with van der Waals surface area (Å²) in [4.78, 5) is 10.7. The lowest BCUT2D eigenvalue weighted by Crippen LogP contribution is -2.24. The van der Waals surface area contributed by atoms with E-state index in [0.717, 1.165) is 30.8 Å². The standard InChI is InChI=1S/C12H12N4O2/c17-16(18)12-4-2-1-3-11(12)15-10-5-6-13-7-9(10)8-14-15/h1-4,8,13H,5-7H2. The third kappa shape index (κ3) is 1.67. The second-order valence-electron chi connectivity index (χ2n) is 4.20. The van der Waals surface area contributed by atoms with Crippen LogP contribution in [0, 0.1) is 10.1 Å². The van der Waals surface area contributed by atoms with Crippen molar-refractivity contribution in [2.45, 2.75) is 13.0 Å². The summed E-state index contributed by atoms with van der Waals surface area (Å²) in [5.74, 6) is 0. The highest BCUT2D eigenvalue weighted by Crippen LogP contribution is 2.25. The minimum atomic E-state index is -0.371. The number of fused-ring (bicyclic) bond motifs is 1. The van der Waals surface area contributed by atoms with Crippen LogP contribution in [0.4, 0.5) is 5.69 Å². The van der Waals surface area contributed by atoms with Crippen LogP contribution in [-0.2, 0) is 13.0 Å². The summed E-state index contributed by atoms with van der Waals surface area (Å²) in [6.07, 6.45) is 2.61. The zero-order chi connectivity index (χ0) is 12.5. The molecule has 6 nitrogen and oxygen atoms in total. The van der Waals surface area contributed by atoms with Gasteiger partial charge in [0.05, 0.1) is 16.8 Å². The van der Waals surface area contributed by atoms with Crippen molar-refractivity contribution >= 4 is 5.69 Å². The minimum Gasteiger partial charge on any atom is -0.312 e. The van der Waals surface area contributed by atoms with E-state index in [1.54, 1.807) is 29.1 Å². The van der Waals surface area contributed by atoms with E-state index in [1.807, 2.05) is 0 Å². The predicted molar refractivity (Wildman–Crippen MR) is 65.6 cm³/mol. The molecule has 0 unspecified atom stereocenters. The first-order valence-electron chi connectivity index (χ1n) is 5.77. The molecule has 0 amide bonds. The number of aromatic nitrogens is 2. The molecule has 0 aliphatic carbocycles. The van der Waals surface area contributed by atoms with Gasteiger partial charge in [0, 0.05) is 31.1 Å². The van der Waals surface area contributed by atoms with Gasteiger partial charge in [-0.15, -0.1) is 0 Å². The molecule has 0 spiro atoms. The molecular formula is C12H12N4O2. The topological polar surface area (TPSA) is 73.0 Å². The number of nitro groups is 1. The van der Waals surface area contributed by atoms with Crippen LogP contribution in [0.5, 0.6) is 0 Å². The molecule has 6 heteroatoms. The summed E-state index contributed by atoms with van der Waals surface area (Å²) in [5.41, 5.74) is 2.79. The summed E-state index contributed by atoms with van der Waals surface area (Å²) in [7, 11) is 0. The van der Waals surface area contributed by atoms with Gasteiger partial charge in [-0.3, -0.25) is 10.1 Å². The quantitative estimate of drug-likeness (QED) is 0.640. The van der Waals surface area contributed by atoms with Crippen LogP contribution in [0.1, 0.15) is 11.3 Å². The fourth-order valence-electron chi connectivity index (χ4n) is 2.26. The molecule has 0 fully saturated rings. The van der Waals surface area contributed by atoms with Gasteiger partial charge >= 0.3 is 0 Å². The maximum absolute atomic E-state index is 11.0. The van der Waals surface area contributed by atoms with Crippen molar-refractivity contribution in [1.29, 1.82) is 0 Å². The Morgan fingerprint density at radius 3 is 3.06 bits per heavy atom. The van der Waals surface area contributed by atoms with Gasteiger partial charge in [0.25, 0.3) is 5.69 Å². The largest absolute Gasteiger partial charge is 0.312 e. The van der Waals surface area contributed by atoms with E-state index in [4.69, 9.17) is 0 Å². The molecule has 1 aliphatic rings. The van der Waals surface area contributed by atoms with E-state index in [-0.39, 0.29) is 10.6 Å². The first-order chi connectivity index (χ1) is 8.77. The first kappa shape index (κ1) is 10.9. The van der Waals surface area contributed by atoms with Crippen molar-refractivity contribution in [2.24, 2.45) is 0 Å². The van der Waals surface area contributed by atoms with Crippen molar-refractivity contribution in [2.75, 3.05) is 6.54 Å². The van der Waals surface area contributed by atoms with Crippen molar-refractivity contribution in [3.63, 3.8) is 0 Å². The van der Waals surface area contributed by atoms with Gasteiger partial charge in [0.2, 0.25) is 0 Å². The molecule has 0 bridgehead atoms. The maximum atomic E-state index is 11.0. The van der Waals surface area contributed by atoms with E-state index in [9.17, 15) is 10.1 Å². The highest BCUT2D eigenvalue weighted by Gasteiger charge is 2.20. The number of hydrogen-bond donors (Lipinski definition) is 1. The molecule has 0 atom stereocenters. The number of nitrogens with zero attached hydrogens (tertiary/aromatic N) is 3. The van der Waals surface area contributed by atoms with Gasteiger partial charge in [0.1, 0.15) is 5.69 Å². The van der Waals surface area contributed by atoms with Gasteiger partial charge in [0.15, 0.2) is 0 Å². The zero-order valence-corrected chi connectivity index (χ0v) is 9.67. The molecule has 1 aliphatic heterocycles. The van der Waals surface area contributed by atoms with Gasteiger partial charge in [-0.2, -0.15) is 5.10 Å². The van der Waals surface area contributed by atoms with Crippen LogP contribution in [0.25, 0.3) is 5.69 Å². The van der Waals surface area contributed by atoms with Gasteiger partial charge in [-0.1, -0.05) is 12.1 Å². The average molecular weight is 244 g/mol. The number of nitro benzene ring substituents is 1. The van der Waals surface area contributed by atoms with Crippen molar-refractivity contribution in [3.05, 3.63) is 51.8 Å². The lowest BCUT2D eigenvalue weighted by Gasteiger charge is -2.15. The molecule has 1 N–H and O–H groups in total. The monoisotopic (exact) mass is 244 g/mol. The predicted octanol–water partition coefficient (Wildman–Crippen LogP) is 1.43. The fraction of sp³-hybridized carbons (Fsp3) is 0.250. The molecule has 2 heterocycles. The number of para-hydroxylation sites is 2. The number of benzene rings is 1. The highest BCUT2D eigenvalue weighted by molar-refractivity contribution is 5.53. The smallest absolute Gasteiger partial charge is 0.294 e. The summed E-state index contributed by atoms with van der Waals surface area (Å²) in [6, 6.07) is 6.69. The molecule has 3 rings (SSSR count). The Morgan fingerprint density at radius 2 is 2.22 bits per heavy atom. The summed E-state index contributed by atoms with van der Waals surface area (Å²) in [5, 5.41) is 18.6. The number of nitrogens with one attached hydrogen (secondary N) is 1. The molecule has 92 valence electrons. The Hall–Kier alpha value is -2.21. The maximum Gasteiger partial charge on any atom is 0.294 e. The van der Waals surface area contributed by atoms with E-state index >= 15 is 0 Å². The van der Waals surface area contributed by atoms with Crippen molar-refractivity contribution in [1.82, 2.24) is 15.1 Å². The van der Waals surface area contributed by atoms with E-state index < -0.39 is 0 Å². The summed E-state index contributed by atoms with van der Waals surface area (Å²) < 4.78 is 1.69. The first-order valence-corrected chi connectivity index (χ1v) is 5.77. The molecule has 2 aromatic rings. The minimum absolute atomic E-state index is 0.0851. The SMILES string of the molecule is O=[N+]([O-])c1ccccc1-n1ncc2c1CCNC2. The average Bonchev–Trinajstić information content (AvgIpc) is 2.82. The lowest BCUT2D eigenvalue weighted by molar-refractivity contribution is -0.384. The van der Waals surface area contributed by atoms with Crippen LogP contribution < -0.4 is 5.32 Å². The second kappa shape index (κ2) is 4.23. The fourth-order valence-corrected chi connectivity index (χ4v) is 2.26.